The highest BCUT2D eigenvalue weighted by Crippen LogP contribution is 2.16. The maximum Gasteiger partial charge on any atom is 0.253 e. The Balaban J connectivity index is 1.81. The monoisotopic (exact) mass is 296 g/mol. The van der Waals surface area contributed by atoms with Gasteiger partial charge in [-0.15, -0.1) is 0 Å². The first-order valence-corrected chi connectivity index (χ1v) is 7.47. The molecule has 2 N–H and O–H groups in total. The molecule has 20 heavy (non-hydrogen) atoms. The summed E-state index contributed by atoms with van der Waals surface area (Å²) in [6.45, 7) is 2.61. The molecule has 0 aromatic heterocycles. The summed E-state index contributed by atoms with van der Waals surface area (Å²) in [6.07, 6.45) is 2.71. The van der Waals surface area contributed by atoms with Gasteiger partial charge in [-0.1, -0.05) is 11.6 Å². The number of rotatable bonds is 5. The minimum Gasteiger partial charge on any atom is -0.396 e. The van der Waals surface area contributed by atoms with Crippen LogP contribution in [0.2, 0.25) is 5.02 Å². The van der Waals surface area contributed by atoms with Gasteiger partial charge in [0.15, 0.2) is 0 Å². The number of likely N-dealkylation sites (tertiary alicyclic amines) is 1. The van der Waals surface area contributed by atoms with Gasteiger partial charge in [-0.2, -0.15) is 0 Å². The Kier molecular flexibility index (Phi) is 5.83. The van der Waals surface area contributed by atoms with E-state index in [1.165, 1.54) is 0 Å². The van der Waals surface area contributed by atoms with Crippen LogP contribution in [0.25, 0.3) is 0 Å². The predicted molar refractivity (Wildman–Crippen MR) is 80.1 cm³/mol. The van der Waals surface area contributed by atoms with Crippen molar-refractivity contribution >= 4 is 17.5 Å². The average Bonchev–Trinajstić information content (AvgIpc) is 2.48. The predicted octanol–water partition coefficient (Wildman–Crippen LogP) is 1.92. The van der Waals surface area contributed by atoms with Crippen molar-refractivity contribution in [1.29, 1.82) is 0 Å². The van der Waals surface area contributed by atoms with Crippen molar-refractivity contribution in [3.8, 4) is 0 Å². The zero-order chi connectivity index (χ0) is 14.4. The quantitative estimate of drug-likeness (QED) is 0.816. The third-order valence-corrected chi connectivity index (χ3v) is 3.89. The van der Waals surface area contributed by atoms with Crippen molar-refractivity contribution in [1.82, 2.24) is 10.2 Å². The maximum absolute atomic E-state index is 12.3. The minimum atomic E-state index is 0.0791. The van der Waals surface area contributed by atoms with E-state index in [4.69, 9.17) is 16.7 Å². The van der Waals surface area contributed by atoms with E-state index in [0.717, 1.165) is 38.9 Å². The fourth-order valence-electron chi connectivity index (χ4n) is 2.45. The Morgan fingerprint density at radius 2 is 1.95 bits per heavy atom. The Bertz CT molecular complexity index is 428. The number of piperidine rings is 1. The molecule has 1 aromatic carbocycles. The number of hydrogen-bond donors (Lipinski definition) is 2. The van der Waals surface area contributed by atoms with E-state index in [1.54, 1.807) is 24.3 Å². The first kappa shape index (κ1) is 15.3. The van der Waals surface area contributed by atoms with Gasteiger partial charge in [0.05, 0.1) is 0 Å². The van der Waals surface area contributed by atoms with Gasteiger partial charge < -0.3 is 15.3 Å². The molecule has 0 unspecified atom stereocenters. The number of hydrogen-bond acceptors (Lipinski definition) is 3. The number of aliphatic hydroxyl groups is 1. The fourth-order valence-corrected chi connectivity index (χ4v) is 2.57. The second kappa shape index (κ2) is 7.62. The van der Waals surface area contributed by atoms with E-state index >= 15 is 0 Å². The van der Waals surface area contributed by atoms with Gasteiger partial charge in [0.1, 0.15) is 0 Å². The molecule has 1 aliphatic rings. The molecule has 1 saturated heterocycles. The number of carbonyl (C=O) groups is 1. The van der Waals surface area contributed by atoms with Crippen LogP contribution in [0.1, 0.15) is 29.6 Å². The van der Waals surface area contributed by atoms with E-state index < -0.39 is 0 Å². The summed E-state index contributed by atoms with van der Waals surface area (Å²) in [7, 11) is 0. The molecular weight excluding hydrogens is 276 g/mol. The van der Waals surface area contributed by atoms with Crippen molar-refractivity contribution < 1.29 is 9.90 Å². The molecule has 1 amide bonds. The van der Waals surface area contributed by atoms with E-state index in [1.807, 2.05) is 4.90 Å². The molecule has 0 bridgehead atoms. The summed E-state index contributed by atoms with van der Waals surface area (Å²) in [6, 6.07) is 7.50. The number of amides is 1. The van der Waals surface area contributed by atoms with Gasteiger partial charge in [-0.05, 0) is 50.1 Å². The first-order chi connectivity index (χ1) is 9.70. The molecule has 5 heteroatoms. The van der Waals surface area contributed by atoms with Crippen LogP contribution < -0.4 is 5.32 Å². The molecule has 0 atom stereocenters. The van der Waals surface area contributed by atoms with Crippen LogP contribution in [0.4, 0.5) is 0 Å². The molecule has 110 valence electrons. The lowest BCUT2D eigenvalue weighted by atomic mass is 10.0. The lowest BCUT2D eigenvalue weighted by Crippen LogP contribution is -2.45. The molecular formula is C15H21ClN2O2. The van der Waals surface area contributed by atoms with Crippen molar-refractivity contribution in [3.63, 3.8) is 0 Å². The van der Waals surface area contributed by atoms with Crippen molar-refractivity contribution in [2.45, 2.75) is 25.3 Å². The summed E-state index contributed by atoms with van der Waals surface area (Å²) >= 11 is 5.83. The van der Waals surface area contributed by atoms with Gasteiger partial charge in [-0.3, -0.25) is 4.79 Å². The van der Waals surface area contributed by atoms with E-state index in [2.05, 4.69) is 5.32 Å². The van der Waals surface area contributed by atoms with Gasteiger partial charge in [0, 0.05) is 36.3 Å². The summed E-state index contributed by atoms with van der Waals surface area (Å²) in [5.41, 5.74) is 0.695. The Hall–Kier alpha value is -1.10. The highest BCUT2D eigenvalue weighted by molar-refractivity contribution is 6.30. The average molecular weight is 297 g/mol. The molecule has 0 aliphatic carbocycles. The summed E-state index contributed by atoms with van der Waals surface area (Å²) in [5.74, 6) is 0.0791. The highest BCUT2D eigenvalue weighted by atomic mass is 35.5. The van der Waals surface area contributed by atoms with Crippen LogP contribution in [0, 0.1) is 0 Å². The van der Waals surface area contributed by atoms with Gasteiger partial charge in [0.25, 0.3) is 5.91 Å². The molecule has 1 aromatic rings. The van der Waals surface area contributed by atoms with Crippen molar-refractivity contribution in [2.24, 2.45) is 0 Å². The van der Waals surface area contributed by atoms with Crippen LogP contribution in [-0.2, 0) is 0 Å². The molecule has 0 radical (unpaired) electrons. The van der Waals surface area contributed by atoms with Crippen molar-refractivity contribution in [3.05, 3.63) is 34.9 Å². The van der Waals surface area contributed by atoms with E-state index in [-0.39, 0.29) is 12.5 Å². The number of carbonyl (C=O) groups excluding carboxylic acids is 1. The third-order valence-electron chi connectivity index (χ3n) is 3.64. The van der Waals surface area contributed by atoms with Crippen LogP contribution in [0.3, 0.4) is 0 Å². The Morgan fingerprint density at radius 3 is 2.55 bits per heavy atom. The van der Waals surface area contributed by atoms with E-state index in [0.29, 0.717) is 16.6 Å². The van der Waals surface area contributed by atoms with Gasteiger partial charge in [0.2, 0.25) is 0 Å². The molecule has 1 fully saturated rings. The first-order valence-electron chi connectivity index (χ1n) is 7.10. The molecule has 2 rings (SSSR count). The maximum atomic E-state index is 12.3. The Labute approximate surface area is 124 Å². The summed E-state index contributed by atoms with van der Waals surface area (Å²) in [5, 5.41) is 12.8. The smallest absolute Gasteiger partial charge is 0.253 e. The van der Waals surface area contributed by atoms with Crippen LogP contribution in [-0.4, -0.2) is 48.2 Å². The number of aliphatic hydroxyl groups excluding tert-OH is 1. The Morgan fingerprint density at radius 1 is 1.30 bits per heavy atom. The largest absolute Gasteiger partial charge is 0.396 e. The molecule has 1 aliphatic heterocycles. The topological polar surface area (TPSA) is 52.6 Å². The molecule has 0 saturated carbocycles. The lowest BCUT2D eigenvalue weighted by molar-refractivity contribution is 0.0705. The minimum absolute atomic E-state index is 0.0791. The second-order valence-electron chi connectivity index (χ2n) is 5.10. The zero-order valence-corrected chi connectivity index (χ0v) is 12.3. The number of nitrogens with one attached hydrogen (secondary N) is 1. The van der Waals surface area contributed by atoms with Crippen LogP contribution in [0.5, 0.6) is 0 Å². The summed E-state index contributed by atoms with van der Waals surface area (Å²) in [4.78, 5) is 14.2. The van der Waals surface area contributed by atoms with Gasteiger partial charge >= 0.3 is 0 Å². The zero-order valence-electron chi connectivity index (χ0n) is 11.5. The van der Waals surface area contributed by atoms with Crippen LogP contribution >= 0.6 is 11.6 Å². The highest BCUT2D eigenvalue weighted by Gasteiger charge is 2.23. The van der Waals surface area contributed by atoms with Crippen LogP contribution in [0.15, 0.2) is 24.3 Å². The second-order valence-corrected chi connectivity index (χ2v) is 5.54. The van der Waals surface area contributed by atoms with Crippen molar-refractivity contribution in [2.75, 3.05) is 26.2 Å². The fraction of sp³-hybridized carbons (Fsp3) is 0.533. The summed E-state index contributed by atoms with van der Waals surface area (Å²) < 4.78 is 0. The third kappa shape index (κ3) is 4.20. The molecule has 4 nitrogen and oxygen atoms in total. The van der Waals surface area contributed by atoms with Gasteiger partial charge in [-0.25, -0.2) is 0 Å². The lowest BCUT2D eigenvalue weighted by Gasteiger charge is -2.32. The number of nitrogens with zero attached hydrogens (tertiary/aromatic N) is 1. The van der Waals surface area contributed by atoms with E-state index in [9.17, 15) is 4.79 Å². The molecule has 0 spiro atoms. The number of benzene rings is 1. The SMILES string of the molecule is O=C(c1ccc(Cl)cc1)N1CCC(NCCCO)CC1. The normalized spacial score (nSPS) is 16.4. The standard InChI is InChI=1S/C15H21ClN2O2/c16-13-4-2-12(3-5-13)15(20)18-9-6-14(7-10-18)17-8-1-11-19/h2-5,14,17,19H,1,6-11H2. The number of halogens is 1. The molecule has 1 heterocycles.